The number of aryl methyl sites for hydroxylation is 1. The van der Waals surface area contributed by atoms with Crippen molar-refractivity contribution in [3.63, 3.8) is 0 Å². The van der Waals surface area contributed by atoms with Gasteiger partial charge in [-0.3, -0.25) is 0 Å². The molecule has 2 rings (SSSR count). The van der Waals surface area contributed by atoms with Crippen LogP contribution in [0.15, 0.2) is 39.3 Å². The van der Waals surface area contributed by atoms with Gasteiger partial charge in [0.05, 0.1) is 10.4 Å². The van der Waals surface area contributed by atoms with E-state index in [1.165, 1.54) is 6.07 Å². The summed E-state index contributed by atoms with van der Waals surface area (Å²) in [6.45, 7) is 2.24. The lowest BCUT2D eigenvalue weighted by Gasteiger charge is -2.14. The molecule has 0 aliphatic carbocycles. The maximum atomic E-state index is 13.5. The minimum Gasteiger partial charge on any atom is -0.488 e. The first kappa shape index (κ1) is 15.8. The van der Waals surface area contributed by atoms with E-state index >= 15 is 0 Å². The summed E-state index contributed by atoms with van der Waals surface area (Å²) in [6.07, 6.45) is 0. The predicted molar refractivity (Wildman–Crippen MR) is 86.9 cm³/mol. The van der Waals surface area contributed by atoms with E-state index < -0.39 is 0 Å². The summed E-state index contributed by atoms with van der Waals surface area (Å²) >= 11 is 12.6. The minimum absolute atomic E-state index is 0.282. The number of benzene rings is 2. The minimum atomic E-state index is -0.295. The van der Waals surface area contributed by atoms with E-state index in [0.717, 1.165) is 26.9 Å². The molecule has 0 unspecified atom stereocenters. The van der Waals surface area contributed by atoms with Crippen LogP contribution in [-0.4, -0.2) is 0 Å². The van der Waals surface area contributed by atoms with Gasteiger partial charge >= 0.3 is 0 Å². The molecule has 2 aromatic rings. The molecule has 1 nitrogen and oxygen atoms in total. The lowest BCUT2D eigenvalue weighted by molar-refractivity contribution is 0.300. The van der Waals surface area contributed by atoms with Gasteiger partial charge in [0.25, 0.3) is 0 Å². The Bertz CT molecular complexity index is 632. The van der Waals surface area contributed by atoms with Gasteiger partial charge in [-0.1, -0.05) is 28.1 Å². The zero-order valence-corrected chi connectivity index (χ0v) is 14.6. The van der Waals surface area contributed by atoms with Crippen molar-refractivity contribution in [3.05, 3.63) is 61.8 Å². The Labute approximate surface area is 139 Å². The fraction of sp³-hybridized carbons (Fsp3) is 0.200. The van der Waals surface area contributed by atoms with Gasteiger partial charge in [0.1, 0.15) is 18.2 Å². The Hall–Kier alpha value is -0.580. The topological polar surface area (TPSA) is 9.23 Å². The monoisotopic (exact) mass is 420 g/mol. The van der Waals surface area contributed by atoms with E-state index in [9.17, 15) is 4.39 Å². The summed E-state index contributed by atoms with van der Waals surface area (Å²) in [4.78, 5) is 0. The normalized spacial score (nSPS) is 10.7. The molecule has 0 amide bonds. The highest BCUT2D eigenvalue weighted by Gasteiger charge is 2.11. The second-order valence-electron chi connectivity index (χ2n) is 4.35. The number of rotatable bonds is 4. The molecule has 0 saturated carbocycles. The fourth-order valence-corrected chi connectivity index (χ4v) is 3.11. The highest BCUT2D eigenvalue weighted by Crippen LogP contribution is 2.31. The van der Waals surface area contributed by atoms with Gasteiger partial charge in [-0.15, -0.1) is 11.6 Å². The van der Waals surface area contributed by atoms with Crippen molar-refractivity contribution in [2.75, 3.05) is 0 Å². The highest BCUT2D eigenvalue weighted by molar-refractivity contribution is 9.10. The van der Waals surface area contributed by atoms with Crippen LogP contribution >= 0.6 is 43.5 Å². The van der Waals surface area contributed by atoms with Crippen molar-refractivity contribution in [2.24, 2.45) is 0 Å². The first-order chi connectivity index (χ1) is 9.52. The third-order valence-electron chi connectivity index (χ3n) is 2.86. The molecule has 0 saturated heterocycles. The molecule has 0 aliphatic heterocycles. The first-order valence-corrected chi connectivity index (χ1v) is 8.05. The van der Waals surface area contributed by atoms with Crippen LogP contribution in [0.3, 0.4) is 0 Å². The largest absolute Gasteiger partial charge is 0.488 e. The van der Waals surface area contributed by atoms with Gasteiger partial charge in [0.15, 0.2) is 0 Å². The van der Waals surface area contributed by atoms with Gasteiger partial charge in [-0.05, 0) is 46.6 Å². The maximum Gasteiger partial charge on any atom is 0.137 e. The van der Waals surface area contributed by atoms with Crippen LogP contribution in [0, 0.1) is 12.7 Å². The molecule has 0 fully saturated rings. The van der Waals surface area contributed by atoms with Crippen LogP contribution in [0.4, 0.5) is 4.39 Å². The van der Waals surface area contributed by atoms with Crippen LogP contribution in [-0.2, 0) is 12.5 Å². The number of hydrogen-bond acceptors (Lipinski definition) is 1. The Balaban J connectivity index is 2.25. The highest BCUT2D eigenvalue weighted by atomic mass is 79.9. The number of halogens is 4. The standard InChI is InChI=1S/C15H12Br2ClFO/c1-9-5-12(16)6-11(7-18)15(9)20-8-10-3-2-4-13(19)14(10)17/h2-6H,7-8H2,1H3. The maximum absolute atomic E-state index is 13.5. The number of ether oxygens (including phenoxy) is 1. The molecular formula is C15H12Br2ClFO. The van der Waals surface area contributed by atoms with E-state index in [-0.39, 0.29) is 12.4 Å². The molecule has 0 spiro atoms. The Kier molecular flexibility index (Phi) is 5.47. The summed E-state index contributed by atoms with van der Waals surface area (Å²) in [5.41, 5.74) is 2.65. The van der Waals surface area contributed by atoms with Gasteiger partial charge in [0, 0.05) is 15.6 Å². The molecule has 5 heteroatoms. The third-order valence-corrected chi connectivity index (χ3v) is 4.50. The second-order valence-corrected chi connectivity index (χ2v) is 6.32. The molecule has 0 bridgehead atoms. The molecule has 106 valence electrons. The summed E-state index contributed by atoms with van der Waals surface area (Å²) < 4.78 is 20.7. The van der Waals surface area contributed by atoms with Gasteiger partial charge < -0.3 is 4.74 Å². The first-order valence-electron chi connectivity index (χ1n) is 5.93. The zero-order chi connectivity index (χ0) is 14.7. The van der Waals surface area contributed by atoms with Gasteiger partial charge in [-0.25, -0.2) is 4.39 Å². The van der Waals surface area contributed by atoms with Crippen molar-refractivity contribution in [1.82, 2.24) is 0 Å². The third kappa shape index (κ3) is 3.54. The van der Waals surface area contributed by atoms with Crippen molar-refractivity contribution >= 4 is 43.5 Å². The van der Waals surface area contributed by atoms with Crippen LogP contribution in [0.1, 0.15) is 16.7 Å². The predicted octanol–water partition coefficient (Wildman–Crippen LogP) is 5.98. The molecule has 0 aliphatic rings. The molecule has 0 aromatic heterocycles. The average molecular weight is 423 g/mol. The Morgan fingerprint density at radius 1 is 1.20 bits per heavy atom. The molecule has 2 aromatic carbocycles. The van der Waals surface area contributed by atoms with E-state index in [2.05, 4.69) is 31.9 Å². The molecular weight excluding hydrogens is 410 g/mol. The smallest absolute Gasteiger partial charge is 0.137 e. The molecule has 0 radical (unpaired) electrons. The summed E-state index contributed by atoms with van der Waals surface area (Å²) in [5, 5.41) is 0. The van der Waals surface area contributed by atoms with Crippen molar-refractivity contribution in [3.8, 4) is 5.75 Å². The number of hydrogen-bond donors (Lipinski definition) is 0. The van der Waals surface area contributed by atoms with Crippen molar-refractivity contribution in [1.29, 1.82) is 0 Å². The van der Waals surface area contributed by atoms with Crippen LogP contribution in [0.2, 0.25) is 0 Å². The zero-order valence-electron chi connectivity index (χ0n) is 10.7. The quantitative estimate of drug-likeness (QED) is 0.551. The second kappa shape index (κ2) is 6.92. The summed E-state index contributed by atoms with van der Waals surface area (Å²) in [6, 6.07) is 8.78. The van der Waals surface area contributed by atoms with Crippen molar-refractivity contribution in [2.45, 2.75) is 19.4 Å². The van der Waals surface area contributed by atoms with Gasteiger partial charge in [0.2, 0.25) is 0 Å². The number of alkyl halides is 1. The SMILES string of the molecule is Cc1cc(Br)cc(CCl)c1OCc1cccc(F)c1Br. The van der Waals surface area contributed by atoms with Crippen LogP contribution < -0.4 is 4.74 Å². The van der Waals surface area contributed by atoms with Gasteiger partial charge in [-0.2, -0.15) is 0 Å². The fourth-order valence-electron chi connectivity index (χ4n) is 1.91. The van der Waals surface area contributed by atoms with E-state index in [4.69, 9.17) is 16.3 Å². The van der Waals surface area contributed by atoms with Crippen LogP contribution in [0.25, 0.3) is 0 Å². The molecule has 0 atom stereocenters. The van der Waals surface area contributed by atoms with Crippen molar-refractivity contribution < 1.29 is 9.13 Å². The molecule has 0 heterocycles. The molecule has 20 heavy (non-hydrogen) atoms. The lowest BCUT2D eigenvalue weighted by Crippen LogP contribution is -2.01. The van der Waals surface area contributed by atoms with E-state index in [1.54, 1.807) is 6.07 Å². The summed E-state index contributed by atoms with van der Waals surface area (Å²) in [7, 11) is 0. The Morgan fingerprint density at radius 3 is 2.65 bits per heavy atom. The molecule has 0 N–H and O–H groups in total. The van der Waals surface area contributed by atoms with Crippen LogP contribution in [0.5, 0.6) is 5.75 Å². The average Bonchev–Trinajstić information content (AvgIpc) is 2.41. The van der Waals surface area contributed by atoms with E-state index in [0.29, 0.717) is 10.4 Å². The Morgan fingerprint density at radius 2 is 1.95 bits per heavy atom. The van der Waals surface area contributed by atoms with E-state index in [1.807, 2.05) is 25.1 Å². The lowest BCUT2D eigenvalue weighted by atomic mass is 10.1. The summed E-state index contributed by atoms with van der Waals surface area (Å²) in [5.74, 6) is 0.815.